The molecule has 0 bridgehead atoms. The summed E-state index contributed by atoms with van der Waals surface area (Å²) in [5.41, 5.74) is 0.924. The van der Waals surface area contributed by atoms with Gasteiger partial charge < -0.3 is 9.80 Å². The molecule has 0 aliphatic heterocycles. The first-order valence-electron chi connectivity index (χ1n) is 7.61. The molecule has 1 aromatic rings. The second kappa shape index (κ2) is 8.96. The Kier molecular flexibility index (Phi) is 8.29. The number of hydrogen-bond donors (Lipinski definition) is 1. The van der Waals surface area contributed by atoms with Crippen molar-refractivity contribution in [3.63, 3.8) is 0 Å². The Morgan fingerprint density at radius 2 is 1.64 bits per heavy atom. The average molecular weight is 387 g/mol. The predicted molar refractivity (Wildman–Crippen MR) is 99.2 cm³/mol. The van der Waals surface area contributed by atoms with E-state index in [2.05, 4.69) is 26.2 Å². The van der Waals surface area contributed by atoms with Crippen LogP contribution in [0.3, 0.4) is 0 Å². The predicted octanol–water partition coefficient (Wildman–Crippen LogP) is 5.22. The fourth-order valence-electron chi connectivity index (χ4n) is 2.32. The summed E-state index contributed by atoms with van der Waals surface area (Å²) in [6, 6.07) is 7.05. The average Bonchev–Trinajstić information content (AvgIpc) is 2.47. The molecule has 2 nitrogen and oxygen atoms in total. The van der Waals surface area contributed by atoms with Gasteiger partial charge in [0.1, 0.15) is 0 Å². The quantitative estimate of drug-likeness (QED) is 0.367. The van der Waals surface area contributed by atoms with Crippen LogP contribution in [0.4, 0.5) is 0 Å². The molecule has 0 saturated carbocycles. The van der Waals surface area contributed by atoms with Gasteiger partial charge in [0, 0.05) is 18.0 Å². The van der Waals surface area contributed by atoms with Crippen molar-refractivity contribution >= 4 is 46.4 Å². The molecular weight excluding hydrogens is 362 g/mol. The fraction of sp³-hybridized carbons (Fsp3) is 0.625. The maximum atomic E-state index is 6.13. The van der Waals surface area contributed by atoms with Crippen LogP contribution in [0, 0.1) is 0 Å². The van der Waals surface area contributed by atoms with Crippen LogP contribution in [0.25, 0.3) is 0 Å². The number of nitrogens with zero attached hydrogens (tertiary/aromatic N) is 1. The largest absolute Gasteiger partial charge is 0.326 e. The monoisotopic (exact) mass is 385 g/mol. The molecule has 0 saturated heterocycles. The van der Waals surface area contributed by atoms with E-state index in [1.54, 1.807) is 0 Å². The lowest BCUT2D eigenvalue weighted by molar-refractivity contribution is -0.906. The molecule has 6 heteroatoms. The normalized spacial score (nSPS) is 14.1. The number of nitrogens with one attached hydrogen (secondary N) is 1. The van der Waals surface area contributed by atoms with Crippen molar-refractivity contribution < 1.29 is 4.48 Å². The Hall–Kier alpha value is 0.300. The van der Waals surface area contributed by atoms with E-state index in [0.29, 0.717) is 5.02 Å². The van der Waals surface area contributed by atoms with E-state index >= 15 is 0 Å². The molecule has 0 heterocycles. The molecule has 22 heavy (non-hydrogen) atoms. The third-order valence-electron chi connectivity index (χ3n) is 4.28. The first-order chi connectivity index (χ1) is 10.2. The van der Waals surface area contributed by atoms with Gasteiger partial charge in [-0.3, -0.25) is 0 Å². The van der Waals surface area contributed by atoms with Crippen molar-refractivity contribution in [1.29, 1.82) is 0 Å². The maximum absolute atomic E-state index is 6.13. The molecule has 0 radical (unpaired) electrons. The zero-order valence-corrected chi connectivity index (χ0v) is 16.4. The second-order valence-corrected chi connectivity index (χ2v) is 8.61. The van der Waals surface area contributed by atoms with Gasteiger partial charge in [0.25, 0.3) is 0 Å². The van der Waals surface area contributed by atoms with E-state index < -0.39 is 3.79 Å². The summed E-state index contributed by atoms with van der Waals surface area (Å²) < 4.78 is -0.345. The van der Waals surface area contributed by atoms with Gasteiger partial charge in [-0.05, 0) is 31.5 Å². The van der Waals surface area contributed by atoms with Crippen LogP contribution in [0.2, 0.25) is 5.02 Å². The third kappa shape index (κ3) is 6.43. The molecule has 0 fully saturated rings. The van der Waals surface area contributed by atoms with Crippen LogP contribution in [0.15, 0.2) is 24.3 Å². The summed E-state index contributed by atoms with van der Waals surface area (Å²) in [5, 5.41) is 4.04. The highest BCUT2D eigenvalue weighted by Gasteiger charge is 2.33. The number of hydrogen-bond acceptors (Lipinski definition) is 1. The summed E-state index contributed by atoms with van der Waals surface area (Å²) in [6.07, 6.45) is 1.03. The topological polar surface area (TPSA) is 12.0 Å². The Bertz CT molecular complexity index is 438. The summed E-state index contributed by atoms with van der Waals surface area (Å²) in [6.45, 7) is 8.59. The lowest BCUT2D eigenvalue weighted by Gasteiger charge is -2.33. The zero-order chi connectivity index (χ0) is 16.8. The Labute approximate surface area is 154 Å². The molecule has 0 aliphatic carbocycles. The van der Waals surface area contributed by atoms with Crippen LogP contribution in [-0.2, 0) is 0 Å². The maximum Gasteiger partial charge on any atom is 0.209 e. The SMILES string of the molecule is CC[N+](C)(CC)CCCNC(c1ccc(Cl)cc1)C(Cl)(Cl)Cl. The molecular formula is C16H25Cl4N2+. The van der Waals surface area contributed by atoms with Gasteiger partial charge in [-0.25, -0.2) is 0 Å². The minimum Gasteiger partial charge on any atom is -0.326 e. The van der Waals surface area contributed by atoms with Crippen molar-refractivity contribution in [2.24, 2.45) is 0 Å². The summed E-state index contributed by atoms with van der Waals surface area (Å²) in [4.78, 5) is 0. The molecule has 0 aliphatic rings. The van der Waals surface area contributed by atoms with Gasteiger partial charge in [-0.2, -0.15) is 0 Å². The summed E-state index contributed by atoms with van der Waals surface area (Å²) in [7, 11) is 2.27. The van der Waals surface area contributed by atoms with Crippen molar-refractivity contribution in [3.8, 4) is 0 Å². The number of halogens is 4. The van der Waals surface area contributed by atoms with Crippen molar-refractivity contribution in [1.82, 2.24) is 5.32 Å². The summed E-state index contributed by atoms with van der Waals surface area (Å²) >= 11 is 24.3. The molecule has 0 amide bonds. The van der Waals surface area contributed by atoms with Gasteiger partial charge in [-0.1, -0.05) is 58.5 Å². The van der Waals surface area contributed by atoms with E-state index in [1.165, 1.54) is 0 Å². The van der Waals surface area contributed by atoms with Crippen LogP contribution >= 0.6 is 46.4 Å². The highest BCUT2D eigenvalue weighted by Crippen LogP contribution is 2.39. The van der Waals surface area contributed by atoms with E-state index in [-0.39, 0.29) is 6.04 Å². The lowest BCUT2D eigenvalue weighted by atomic mass is 10.1. The van der Waals surface area contributed by atoms with Crippen molar-refractivity contribution in [3.05, 3.63) is 34.9 Å². The Morgan fingerprint density at radius 1 is 1.09 bits per heavy atom. The van der Waals surface area contributed by atoms with Crippen LogP contribution in [0.1, 0.15) is 31.9 Å². The van der Waals surface area contributed by atoms with E-state index in [9.17, 15) is 0 Å². The third-order valence-corrected chi connectivity index (χ3v) is 5.19. The molecule has 1 aromatic carbocycles. The fourth-order valence-corrected chi connectivity index (χ4v) is 3.06. The lowest BCUT2D eigenvalue weighted by Crippen LogP contribution is -2.45. The second-order valence-electron chi connectivity index (χ2n) is 5.81. The van der Waals surface area contributed by atoms with Crippen LogP contribution in [-0.4, -0.2) is 41.5 Å². The zero-order valence-electron chi connectivity index (χ0n) is 13.4. The highest BCUT2D eigenvalue weighted by atomic mass is 35.6. The van der Waals surface area contributed by atoms with Crippen LogP contribution < -0.4 is 5.32 Å². The molecule has 0 spiro atoms. The Morgan fingerprint density at radius 3 is 2.09 bits per heavy atom. The highest BCUT2D eigenvalue weighted by molar-refractivity contribution is 6.68. The minimum atomic E-state index is -1.40. The number of benzene rings is 1. The number of rotatable bonds is 8. The first kappa shape index (κ1) is 20.3. The summed E-state index contributed by atoms with van der Waals surface area (Å²) in [5.74, 6) is 0. The smallest absolute Gasteiger partial charge is 0.209 e. The van der Waals surface area contributed by atoms with E-state index in [0.717, 1.165) is 42.6 Å². The van der Waals surface area contributed by atoms with Gasteiger partial charge in [0.05, 0.1) is 32.7 Å². The molecule has 1 rings (SSSR count). The number of quaternary nitrogens is 1. The van der Waals surface area contributed by atoms with Gasteiger partial charge >= 0.3 is 0 Å². The molecule has 126 valence electrons. The molecule has 1 unspecified atom stereocenters. The van der Waals surface area contributed by atoms with E-state index in [1.807, 2.05) is 24.3 Å². The van der Waals surface area contributed by atoms with Crippen LogP contribution in [0.5, 0.6) is 0 Å². The molecule has 1 atom stereocenters. The molecule has 1 N–H and O–H groups in total. The van der Waals surface area contributed by atoms with Crippen molar-refractivity contribution in [2.75, 3.05) is 33.2 Å². The van der Waals surface area contributed by atoms with Gasteiger partial charge in [-0.15, -0.1) is 0 Å². The number of alkyl halides is 3. The molecule has 0 aromatic heterocycles. The first-order valence-corrected chi connectivity index (χ1v) is 9.12. The van der Waals surface area contributed by atoms with Gasteiger partial charge in [0.2, 0.25) is 3.79 Å². The van der Waals surface area contributed by atoms with E-state index in [4.69, 9.17) is 46.4 Å². The van der Waals surface area contributed by atoms with Crippen molar-refractivity contribution in [2.45, 2.75) is 30.1 Å². The minimum absolute atomic E-state index is 0.350. The van der Waals surface area contributed by atoms with Gasteiger partial charge in [0.15, 0.2) is 0 Å². The Balaban J connectivity index is 2.63. The standard InChI is InChI=1S/C16H25Cl4N2/c1-4-22(3,5-2)12-6-11-21-15(16(18,19)20)13-7-9-14(17)10-8-13/h7-10,15,21H,4-6,11-12H2,1-3H3/q+1.